The van der Waals surface area contributed by atoms with Crippen LogP contribution in [0.15, 0.2) is 41.5 Å². The minimum atomic E-state index is 0.777. The molecule has 3 rings (SSSR count). The highest BCUT2D eigenvalue weighted by Crippen LogP contribution is 2.22. The first kappa shape index (κ1) is 13.8. The molecule has 0 amide bonds. The van der Waals surface area contributed by atoms with E-state index in [0.717, 1.165) is 16.2 Å². The van der Waals surface area contributed by atoms with Gasteiger partial charge in [0.2, 0.25) is 0 Å². The molecule has 3 nitrogen and oxygen atoms in total. The van der Waals surface area contributed by atoms with E-state index in [1.54, 1.807) is 11.3 Å². The molecule has 2 aromatic heterocycles. The molecule has 21 heavy (non-hydrogen) atoms. The average molecular weight is 295 g/mol. The molecule has 0 spiro atoms. The SMILES string of the molecule is Cc1ccc(/C=N/Nc2cc(C)c3cccc(C)c3n2)s1. The molecular formula is C17H17N3S. The third-order valence-corrected chi connectivity index (χ3v) is 4.32. The number of pyridine rings is 1. The van der Waals surface area contributed by atoms with Gasteiger partial charge in [0.1, 0.15) is 5.82 Å². The highest BCUT2D eigenvalue weighted by molar-refractivity contribution is 7.13. The quantitative estimate of drug-likeness (QED) is 0.563. The second-order valence-corrected chi connectivity index (χ2v) is 6.43. The summed E-state index contributed by atoms with van der Waals surface area (Å²) >= 11 is 1.72. The Morgan fingerprint density at radius 3 is 2.71 bits per heavy atom. The normalized spacial score (nSPS) is 11.4. The number of rotatable bonds is 3. The van der Waals surface area contributed by atoms with Crippen LogP contribution in [0.1, 0.15) is 20.9 Å². The molecule has 0 radical (unpaired) electrons. The lowest BCUT2D eigenvalue weighted by molar-refractivity contribution is 1.24. The number of nitrogens with one attached hydrogen (secondary N) is 1. The van der Waals surface area contributed by atoms with Gasteiger partial charge in [-0.25, -0.2) is 4.98 Å². The zero-order chi connectivity index (χ0) is 14.8. The molecule has 4 heteroatoms. The van der Waals surface area contributed by atoms with Gasteiger partial charge in [0.15, 0.2) is 0 Å². The van der Waals surface area contributed by atoms with Gasteiger partial charge in [-0.3, -0.25) is 5.43 Å². The van der Waals surface area contributed by atoms with Crippen molar-refractivity contribution in [2.75, 3.05) is 5.43 Å². The lowest BCUT2D eigenvalue weighted by Gasteiger charge is -2.07. The van der Waals surface area contributed by atoms with Crippen molar-refractivity contribution in [2.45, 2.75) is 20.8 Å². The van der Waals surface area contributed by atoms with E-state index in [1.807, 2.05) is 12.3 Å². The summed E-state index contributed by atoms with van der Waals surface area (Å²) in [7, 11) is 0. The summed E-state index contributed by atoms with van der Waals surface area (Å²) < 4.78 is 0. The lowest BCUT2D eigenvalue weighted by Crippen LogP contribution is -1.96. The Hall–Kier alpha value is -2.20. The van der Waals surface area contributed by atoms with Crippen molar-refractivity contribution in [2.24, 2.45) is 5.10 Å². The average Bonchev–Trinajstić information content (AvgIpc) is 2.86. The summed E-state index contributed by atoms with van der Waals surface area (Å²) in [4.78, 5) is 7.07. The van der Waals surface area contributed by atoms with Gasteiger partial charge >= 0.3 is 0 Å². The topological polar surface area (TPSA) is 37.3 Å². The smallest absolute Gasteiger partial charge is 0.147 e. The van der Waals surface area contributed by atoms with Gasteiger partial charge in [-0.2, -0.15) is 5.10 Å². The minimum absolute atomic E-state index is 0.777. The largest absolute Gasteiger partial charge is 0.261 e. The fourth-order valence-corrected chi connectivity index (χ4v) is 3.05. The summed E-state index contributed by atoms with van der Waals surface area (Å²) in [5, 5.41) is 5.47. The second kappa shape index (κ2) is 5.66. The van der Waals surface area contributed by atoms with E-state index in [2.05, 4.69) is 66.6 Å². The van der Waals surface area contributed by atoms with E-state index in [0.29, 0.717) is 0 Å². The van der Waals surface area contributed by atoms with Crippen molar-refractivity contribution in [1.29, 1.82) is 0 Å². The molecule has 106 valence electrons. The first-order valence-corrected chi connectivity index (χ1v) is 7.67. The Morgan fingerprint density at radius 1 is 1.10 bits per heavy atom. The maximum atomic E-state index is 4.65. The van der Waals surface area contributed by atoms with Gasteiger partial charge in [0.25, 0.3) is 0 Å². The molecule has 0 saturated carbocycles. The van der Waals surface area contributed by atoms with Crippen LogP contribution in [0.4, 0.5) is 5.82 Å². The summed E-state index contributed by atoms with van der Waals surface area (Å²) in [5.41, 5.74) is 6.44. The van der Waals surface area contributed by atoms with Gasteiger partial charge in [-0.15, -0.1) is 11.3 Å². The zero-order valence-electron chi connectivity index (χ0n) is 12.3. The van der Waals surface area contributed by atoms with E-state index >= 15 is 0 Å². The van der Waals surface area contributed by atoms with E-state index in [9.17, 15) is 0 Å². The highest BCUT2D eigenvalue weighted by Gasteiger charge is 2.04. The molecule has 0 fully saturated rings. The summed E-state index contributed by atoms with van der Waals surface area (Å²) in [6.07, 6.45) is 1.83. The number of hydrogen-bond donors (Lipinski definition) is 1. The molecule has 0 aliphatic heterocycles. The van der Waals surface area contributed by atoms with E-state index < -0.39 is 0 Å². The molecular weight excluding hydrogens is 278 g/mol. The number of aryl methyl sites for hydroxylation is 3. The molecule has 0 atom stereocenters. The van der Waals surface area contributed by atoms with E-state index in [4.69, 9.17) is 0 Å². The zero-order valence-corrected chi connectivity index (χ0v) is 13.2. The Morgan fingerprint density at radius 2 is 1.95 bits per heavy atom. The van der Waals surface area contributed by atoms with Gasteiger partial charge < -0.3 is 0 Å². The molecule has 0 aliphatic carbocycles. The molecule has 3 aromatic rings. The Bertz CT molecular complexity index is 818. The number of anilines is 1. The van der Waals surface area contributed by atoms with Crippen LogP contribution in [-0.4, -0.2) is 11.2 Å². The fourth-order valence-electron chi connectivity index (χ4n) is 2.30. The van der Waals surface area contributed by atoms with Crippen molar-refractivity contribution in [3.63, 3.8) is 0 Å². The molecule has 1 aromatic carbocycles. The number of thiophene rings is 1. The molecule has 0 unspecified atom stereocenters. The molecule has 1 N–H and O–H groups in total. The first-order valence-electron chi connectivity index (χ1n) is 6.86. The van der Waals surface area contributed by atoms with Crippen LogP contribution >= 0.6 is 11.3 Å². The number of hydrazone groups is 1. The highest BCUT2D eigenvalue weighted by atomic mass is 32.1. The predicted octanol–water partition coefficient (Wildman–Crippen LogP) is 4.67. The maximum Gasteiger partial charge on any atom is 0.147 e. The van der Waals surface area contributed by atoms with Crippen molar-refractivity contribution in [3.05, 3.63) is 57.3 Å². The number of para-hydroxylation sites is 1. The van der Waals surface area contributed by atoms with Crippen LogP contribution in [0.25, 0.3) is 10.9 Å². The van der Waals surface area contributed by atoms with Crippen LogP contribution in [0.5, 0.6) is 0 Å². The number of nitrogens with zero attached hydrogens (tertiary/aromatic N) is 2. The summed E-state index contributed by atoms with van der Waals surface area (Å²) in [5.74, 6) is 0.777. The van der Waals surface area contributed by atoms with Crippen LogP contribution in [0.3, 0.4) is 0 Å². The molecule has 0 bridgehead atoms. The number of benzene rings is 1. The third-order valence-electron chi connectivity index (χ3n) is 3.38. The van der Waals surface area contributed by atoms with Gasteiger partial charge in [-0.05, 0) is 50.1 Å². The van der Waals surface area contributed by atoms with Crippen LogP contribution < -0.4 is 5.43 Å². The summed E-state index contributed by atoms with van der Waals surface area (Å²) in [6.45, 7) is 6.27. The van der Waals surface area contributed by atoms with E-state index in [1.165, 1.54) is 21.4 Å². The minimum Gasteiger partial charge on any atom is -0.261 e. The Kier molecular flexibility index (Phi) is 3.71. The molecule has 2 heterocycles. The van der Waals surface area contributed by atoms with Gasteiger partial charge in [0.05, 0.1) is 11.7 Å². The number of fused-ring (bicyclic) bond motifs is 1. The predicted molar refractivity (Wildman–Crippen MR) is 91.5 cm³/mol. The van der Waals surface area contributed by atoms with Crippen molar-refractivity contribution >= 4 is 34.3 Å². The van der Waals surface area contributed by atoms with Crippen molar-refractivity contribution in [3.8, 4) is 0 Å². The van der Waals surface area contributed by atoms with Gasteiger partial charge in [0, 0.05) is 15.1 Å². The Balaban J connectivity index is 1.87. The van der Waals surface area contributed by atoms with Crippen LogP contribution in [0.2, 0.25) is 0 Å². The number of aromatic nitrogens is 1. The third kappa shape index (κ3) is 2.95. The lowest BCUT2D eigenvalue weighted by atomic mass is 10.1. The Labute approximate surface area is 128 Å². The fraction of sp³-hybridized carbons (Fsp3) is 0.176. The van der Waals surface area contributed by atoms with Crippen LogP contribution in [0, 0.1) is 20.8 Å². The monoisotopic (exact) mass is 295 g/mol. The summed E-state index contributed by atoms with van der Waals surface area (Å²) in [6, 6.07) is 12.4. The molecule has 0 saturated heterocycles. The number of hydrogen-bond acceptors (Lipinski definition) is 4. The second-order valence-electron chi connectivity index (χ2n) is 5.11. The van der Waals surface area contributed by atoms with E-state index in [-0.39, 0.29) is 0 Å². The standard InChI is InChI=1S/C17H17N3S/c1-11-5-4-6-15-12(2)9-16(19-17(11)15)20-18-10-14-8-7-13(3)21-14/h4-10H,1-3H3,(H,19,20)/b18-10+. The van der Waals surface area contributed by atoms with Gasteiger partial charge in [-0.1, -0.05) is 18.2 Å². The molecule has 0 aliphatic rings. The maximum absolute atomic E-state index is 4.65. The first-order chi connectivity index (χ1) is 10.1. The van der Waals surface area contributed by atoms with Crippen molar-refractivity contribution in [1.82, 2.24) is 4.98 Å². The van der Waals surface area contributed by atoms with Crippen molar-refractivity contribution < 1.29 is 0 Å². The van der Waals surface area contributed by atoms with Crippen LogP contribution in [-0.2, 0) is 0 Å².